The van der Waals surface area contributed by atoms with Gasteiger partial charge in [-0.05, 0) is 6.92 Å². The molecule has 0 aliphatic heterocycles. The Labute approximate surface area is 120 Å². The third-order valence-electron chi connectivity index (χ3n) is 2.01. The van der Waals surface area contributed by atoms with Crippen LogP contribution in [0.5, 0.6) is 0 Å². The molecular formula is C12H14N4O3S. The van der Waals surface area contributed by atoms with Crippen LogP contribution in [0.4, 0.5) is 5.82 Å². The average Bonchev–Trinajstić information content (AvgIpc) is 2.43. The minimum Gasteiger partial charge on any atom is -0.462 e. The standard InChI is InChI=1S/C12H14N4O3S/c1-3-5-14-9(17)7-20-12-15-6-8(10(13)16-12)11(18)19-4-2/h1,6H,4-5,7H2,2H3,(H,14,17)(H2,13,15,16). The molecule has 0 atom stereocenters. The van der Waals surface area contributed by atoms with E-state index in [9.17, 15) is 9.59 Å². The fraction of sp³-hybridized carbons (Fsp3) is 0.333. The lowest BCUT2D eigenvalue weighted by molar-refractivity contribution is -0.118. The normalized spacial score (nSPS) is 9.60. The van der Waals surface area contributed by atoms with Crippen LogP contribution in [0, 0.1) is 12.3 Å². The highest BCUT2D eigenvalue weighted by molar-refractivity contribution is 7.99. The number of carbonyl (C=O) groups excluding carboxylic acids is 2. The molecule has 0 aromatic carbocycles. The van der Waals surface area contributed by atoms with Gasteiger partial charge >= 0.3 is 5.97 Å². The summed E-state index contributed by atoms with van der Waals surface area (Å²) >= 11 is 1.09. The van der Waals surface area contributed by atoms with Gasteiger partial charge in [0.05, 0.1) is 18.9 Å². The molecule has 0 spiro atoms. The molecule has 1 heterocycles. The van der Waals surface area contributed by atoms with Crippen LogP contribution in [0.15, 0.2) is 11.4 Å². The number of hydrogen-bond acceptors (Lipinski definition) is 7. The van der Waals surface area contributed by atoms with E-state index >= 15 is 0 Å². The summed E-state index contributed by atoms with van der Waals surface area (Å²) in [6.45, 7) is 2.10. The predicted molar refractivity (Wildman–Crippen MR) is 75.0 cm³/mol. The predicted octanol–water partition coefficient (Wildman–Crippen LogP) is 0.0770. The fourth-order valence-electron chi connectivity index (χ4n) is 1.14. The van der Waals surface area contributed by atoms with Crippen molar-refractivity contribution in [2.45, 2.75) is 12.1 Å². The van der Waals surface area contributed by atoms with Gasteiger partial charge in [-0.2, -0.15) is 0 Å². The molecule has 0 aliphatic carbocycles. The number of carbonyl (C=O) groups is 2. The number of aromatic nitrogens is 2. The number of nitrogens with zero attached hydrogens (tertiary/aromatic N) is 2. The molecule has 0 unspecified atom stereocenters. The monoisotopic (exact) mass is 294 g/mol. The van der Waals surface area contributed by atoms with Crippen LogP contribution in [0.2, 0.25) is 0 Å². The van der Waals surface area contributed by atoms with E-state index in [1.165, 1.54) is 6.20 Å². The van der Waals surface area contributed by atoms with Crippen molar-refractivity contribution in [1.82, 2.24) is 15.3 Å². The molecule has 1 rings (SSSR count). The topological polar surface area (TPSA) is 107 Å². The number of hydrogen-bond donors (Lipinski definition) is 2. The molecule has 1 aromatic heterocycles. The van der Waals surface area contributed by atoms with Crippen molar-refractivity contribution in [3.63, 3.8) is 0 Å². The highest BCUT2D eigenvalue weighted by Crippen LogP contribution is 2.16. The van der Waals surface area contributed by atoms with Crippen molar-refractivity contribution in [2.75, 3.05) is 24.6 Å². The quantitative estimate of drug-likeness (QED) is 0.331. The van der Waals surface area contributed by atoms with Gasteiger partial charge in [0.1, 0.15) is 11.4 Å². The number of amides is 1. The minimum absolute atomic E-state index is 0.0185. The molecule has 0 bridgehead atoms. The van der Waals surface area contributed by atoms with Gasteiger partial charge in [-0.3, -0.25) is 4.79 Å². The molecule has 8 heteroatoms. The van der Waals surface area contributed by atoms with E-state index in [1.54, 1.807) is 6.92 Å². The summed E-state index contributed by atoms with van der Waals surface area (Å²) in [6, 6.07) is 0. The molecule has 0 radical (unpaired) electrons. The largest absolute Gasteiger partial charge is 0.462 e. The molecule has 1 aromatic rings. The summed E-state index contributed by atoms with van der Waals surface area (Å²) in [5.74, 6) is 1.62. The number of nitrogens with one attached hydrogen (secondary N) is 1. The van der Waals surface area contributed by atoms with Gasteiger partial charge < -0.3 is 15.8 Å². The first kappa shape index (κ1) is 15.8. The first-order chi connectivity index (χ1) is 9.58. The number of esters is 1. The molecule has 0 fully saturated rings. The maximum absolute atomic E-state index is 11.5. The van der Waals surface area contributed by atoms with Crippen molar-refractivity contribution >= 4 is 29.5 Å². The van der Waals surface area contributed by atoms with Crippen LogP contribution >= 0.6 is 11.8 Å². The third kappa shape index (κ3) is 4.78. The van der Waals surface area contributed by atoms with Crippen molar-refractivity contribution < 1.29 is 14.3 Å². The van der Waals surface area contributed by atoms with Crippen molar-refractivity contribution in [2.24, 2.45) is 0 Å². The van der Waals surface area contributed by atoms with E-state index in [-0.39, 0.29) is 36.2 Å². The van der Waals surface area contributed by atoms with Gasteiger partial charge in [0.25, 0.3) is 0 Å². The van der Waals surface area contributed by atoms with Crippen LogP contribution in [-0.4, -0.2) is 40.7 Å². The van der Waals surface area contributed by atoms with Gasteiger partial charge in [0, 0.05) is 6.20 Å². The van der Waals surface area contributed by atoms with E-state index in [2.05, 4.69) is 21.2 Å². The Bertz CT molecular complexity index is 542. The molecule has 106 valence electrons. The summed E-state index contributed by atoms with van der Waals surface area (Å²) in [4.78, 5) is 30.7. The number of rotatable bonds is 6. The Morgan fingerprint density at radius 1 is 1.60 bits per heavy atom. The van der Waals surface area contributed by atoms with E-state index < -0.39 is 5.97 Å². The Kier molecular flexibility index (Phi) is 6.32. The SMILES string of the molecule is C#CCNC(=O)CSc1ncc(C(=O)OCC)c(N)n1. The Hall–Kier alpha value is -2.27. The van der Waals surface area contributed by atoms with E-state index in [0.717, 1.165) is 11.8 Å². The van der Waals surface area contributed by atoms with Gasteiger partial charge in [0.15, 0.2) is 5.16 Å². The molecule has 3 N–H and O–H groups in total. The second kappa shape index (κ2) is 8.01. The van der Waals surface area contributed by atoms with E-state index in [4.69, 9.17) is 16.9 Å². The van der Waals surface area contributed by atoms with E-state index in [1.807, 2.05) is 0 Å². The average molecular weight is 294 g/mol. The summed E-state index contributed by atoms with van der Waals surface area (Å²) in [6.07, 6.45) is 6.30. The Morgan fingerprint density at radius 2 is 2.35 bits per heavy atom. The molecule has 0 aliphatic rings. The number of ether oxygens (including phenoxy) is 1. The van der Waals surface area contributed by atoms with Crippen LogP contribution < -0.4 is 11.1 Å². The molecular weight excluding hydrogens is 280 g/mol. The Balaban J connectivity index is 2.62. The Morgan fingerprint density at radius 3 is 2.95 bits per heavy atom. The first-order valence-corrected chi connectivity index (χ1v) is 6.69. The van der Waals surface area contributed by atoms with E-state index in [0.29, 0.717) is 5.16 Å². The number of thioether (sulfide) groups is 1. The molecule has 1 amide bonds. The zero-order chi connectivity index (χ0) is 15.0. The van der Waals surface area contributed by atoms with Gasteiger partial charge in [0.2, 0.25) is 5.91 Å². The maximum Gasteiger partial charge on any atom is 0.343 e. The van der Waals surface area contributed by atoms with Crippen molar-refractivity contribution in [3.05, 3.63) is 11.8 Å². The molecule has 0 saturated heterocycles. The first-order valence-electron chi connectivity index (χ1n) is 5.71. The fourth-order valence-corrected chi connectivity index (χ4v) is 1.80. The van der Waals surface area contributed by atoms with Gasteiger partial charge in [-0.1, -0.05) is 17.7 Å². The summed E-state index contributed by atoms with van der Waals surface area (Å²) in [5, 5.41) is 2.80. The molecule has 7 nitrogen and oxygen atoms in total. The number of terminal acetylenes is 1. The van der Waals surface area contributed by atoms with Crippen LogP contribution in [0.25, 0.3) is 0 Å². The van der Waals surface area contributed by atoms with Gasteiger partial charge in [-0.25, -0.2) is 14.8 Å². The number of nitrogen functional groups attached to an aromatic ring is 1. The smallest absolute Gasteiger partial charge is 0.343 e. The summed E-state index contributed by atoms with van der Waals surface area (Å²) < 4.78 is 4.80. The minimum atomic E-state index is -0.576. The zero-order valence-electron chi connectivity index (χ0n) is 10.9. The number of anilines is 1. The van der Waals surface area contributed by atoms with Crippen molar-refractivity contribution in [1.29, 1.82) is 0 Å². The van der Waals surface area contributed by atoms with Crippen LogP contribution in [0.1, 0.15) is 17.3 Å². The second-order valence-electron chi connectivity index (χ2n) is 3.44. The maximum atomic E-state index is 11.5. The van der Waals surface area contributed by atoms with Crippen molar-refractivity contribution in [3.8, 4) is 12.3 Å². The highest BCUT2D eigenvalue weighted by Gasteiger charge is 2.14. The summed E-state index contributed by atoms with van der Waals surface area (Å²) in [5.41, 5.74) is 5.75. The lowest BCUT2D eigenvalue weighted by atomic mass is 10.3. The lowest BCUT2D eigenvalue weighted by Gasteiger charge is -2.05. The summed E-state index contributed by atoms with van der Waals surface area (Å²) in [7, 11) is 0. The number of nitrogens with two attached hydrogens (primary N) is 1. The van der Waals surface area contributed by atoms with Crippen LogP contribution in [0.3, 0.4) is 0 Å². The van der Waals surface area contributed by atoms with Gasteiger partial charge in [-0.15, -0.1) is 6.42 Å². The van der Waals surface area contributed by atoms with Crippen LogP contribution in [-0.2, 0) is 9.53 Å². The third-order valence-corrected chi connectivity index (χ3v) is 2.87. The zero-order valence-corrected chi connectivity index (χ0v) is 11.7. The lowest BCUT2D eigenvalue weighted by Crippen LogP contribution is -2.25. The second-order valence-corrected chi connectivity index (χ2v) is 4.38. The molecule has 0 saturated carbocycles. The molecule has 20 heavy (non-hydrogen) atoms. The highest BCUT2D eigenvalue weighted by atomic mass is 32.2.